The Morgan fingerprint density at radius 2 is 1.95 bits per heavy atom. The second-order valence-corrected chi connectivity index (χ2v) is 4.75. The molecule has 1 N–H and O–H groups in total. The zero-order chi connectivity index (χ0) is 15.2. The van der Waals surface area contributed by atoms with Gasteiger partial charge in [-0.2, -0.15) is 5.26 Å². The molecule has 0 bridgehead atoms. The van der Waals surface area contributed by atoms with E-state index in [0.717, 1.165) is 22.4 Å². The van der Waals surface area contributed by atoms with Gasteiger partial charge in [-0.25, -0.2) is 0 Å². The Kier molecular flexibility index (Phi) is 4.57. The Labute approximate surface area is 123 Å². The number of nitrogens with zero attached hydrogens (tertiary/aromatic N) is 2. The van der Waals surface area contributed by atoms with Crippen molar-refractivity contribution >= 4 is 5.71 Å². The molecule has 0 saturated heterocycles. The fraction of sp³-hybridized carbons (Fsp3) is 0.176. The average Bonchev–Trinajstić information content (AvgIpc) is 2.53. The molecule has 106 valence electrons. The largest absolute Gasteiger partial charge is 0.489 e. The average molecular weight is 280 g/mol. The van der Waals surface area contributed by atoms with Gasteiger partial charge in [0.1, 0.15) is 12.4 Å². The number of hydrogen-bond donors (Lipinski definition) is 1. The maximum Gasteiger partial charge on any atom is 0.119 e. The molecule has 0 fully saturated rings. The molecule has 2 aromatic rings. The van der Waals surface area contributed by atoms with E-state index in [0.29, 0.717) is 17.9 Å². The Bertz CT molecular complexity index is 698. The van der Waals surface area contributed by atoms with E-state index in [4.69, 9.17) is 15.2 Å². The molecule has 4 heteroatoms. The van der Waals surface area contributed by atoms with Crippen molar-refractivity contribution in [2.45, 2.75) is 20.5 Å². The molecule has 0 saturated carbocycles. The highest BCUT2D eigenvalue weighted by molar-refractivity contribution is 5.98. The first kappa shape index (κ1) is 14.6. The van der Waals surface area contributed by atoms with Crippen LogP contribution in [0, 0.1) is 18.3 Å². The number of rotatable bonds is 4. The molecule has 2 aromatic carbocycles. The zero-order valence-corrected chi connectivity index (χ0v) is 12.0. The van der Waals surface area contributed by atoms with Crippen LogP contribution in [0.4, 0.5) is 0 Å². The van der Waals surface area contributed by atoms with E-state index in [1.807, 2.05) is 43.3 Å². The van der Waals surface area contributed by atoms with Gasteiger partial charge in [0, 0.05) is 0 Å². The molecule has 2 rings (SSSR count). The molecule has 0 aliphatic carbocycles. The molecule has 0 radical (unpaired) electrons. The third-order valence-electron chi connectivity index (χ3n) is 3.29. The van der Waals surface area contributed by atoms with Gasteiger partial charge in [0.2, 0.25) is 0 Å². The zero-order valence-electron chi connectivity index (χ0n) is 12.0. The molecule has 4 nitrogen and oxygen atoms in total. The normalized spacial score (nSPS) is 11.0. The lowest BCUT2D eigenvalue weighted by molar-refractivity contribution is 0.305. The molecule has 0 amide bonds. The van der Waals surface area contributed by atoms with Crippen LogP contribution in [-0.2, 0) is 6.61 Å². The maximum atomic E-state index is 8.84. The Balaban J connectivity index is 2.05. The molecule has 0 atom stereocenters. The van der Waals surface area contributed by atoms with E-state index in [9.17, 15) is 0 Å². The van der Waals surface area contributed by atoms with Crippen LogP contribution < -0.4 is 4.74 Å². The highest BCUT2D eigenvalue weighted by Gasteiger charge is 2.03. The highest BCUT2D eigenvalue weighted by atomic mass is 16.5. The van der Waals surface area contributed by atoms with Gasteiger partial charge in [0.05, 0.1) is 17.3 Å². The van der Waals surface area contributed by atoms with Crippen molar-refractivity contribution in [2.75, 3.05) is 0 Å². The van der Waals surface area contributed by atoms with E-state index < -0.39 is 0 Å². The number of nitriles is 1. The van der Waals surface area contributed by atoms with Gasteiger partial charge in [-0.05, 0) is 66.9 Å². The summed E-state index contributed by atoms with van der Waals surface area (Å²) in [5.74, 6) is 0.744. The van der Waals surface area contributed by atoms with Crippen molar-refractivity contribution in [1.82, 2.24) is 0 Å². The van der Waals surface area contributed by atoms with E-state index in [2.05, 4.69) is 11.2 Å². The number of hydrogen-bond acceptors (Lipinski definition) is 4. The van der Waals surface area contributed by atoms with Gasteiger partial charge in [-0.1, -0.05) is 11.2 Å². The number of benzene rings is 2. The first-order valence-electron chi connectivity index (χ1n) is 6.55. The molecule has 0 unspecified atom stereocenters. The Morgan fingerprint density at radius 1 is 1.24 bits per heavy atom. The van der Waals surface area contributed by atoms with Crippen molar-refractivity contribution in [1.29, 1.82) is 5.26 Å². The lowest BCUT2D eigenvalue weighted by atomic mass is 10.1. The van der Waals surface area contributed by atoms with E-state index in [-0.39, 0.29) is 0 Å². The Hall–Kier alpha value is -2.80. The number of oxime groups is 1. The summed E-state index contributed by atoms with van der Waals surface area (Å²) in [5, 5.41) is 20.7. The fourth-order valence-electron chi connectivity index (χ4n) is 1.94. The minimum Gasteiger partial charge on any atom is -0.489 e. The van der Waals surface area contributed by atoms with Crippen molar-refractivity contribution in [2.24, 2.45) is 5.16 Å². The molecule has 0 heterocycles. The third-order valence-corrected chi connectivity index (χ3v) is 3.29. The van der Waals surface area contributed by atoms with Crippen LogP contribution in [0.5, 0.6) is 5.75 Å². The predicted octanol–water partition coefficient (Wildman–Crippen LogP) is 3.64. The topological polar surface area (TPSA) is 65.6 Å². The van der Waals surface area contributed by atoms with Crippen LogP contribution in [-0.4, -0.2) is 10.9 Å². The minimum atomic E-state index is 0.448. The van der Waals surface area contributed by atoms with E-state index in [1.54, 1.807) is 13.0 Å². The summed E-state index contributed by atoms with van der Waals surface area (Å²) in [5.41, 5.74) is 4.14. The van der Waals surface area contributed by atoms with Gasteiger partial charge in [0.15, 0.2) is 0 Å². The van der Waals surface area contributed by atoms with Crippen molar-refractivity contribution in [3.63, 3.8) is 0 Å². The monoisotopic (exact) mass is 280 g/mol. The van der Waals surface area contributed by atoms with Crippen LogP contribution in [0.2, 0.25) is 0 Å². The second kappa shape index (κ2) is 6.58. The fourth-order valence-corrected chi connectivity index (χ4v) is 1.94. The summed E-state index contributed by atoms with van der Waals surface area (Å²) < 4.78 is 5.73. The van der Waals surface area contributed by atoms with Crippen molar-refractivity contribution in [3.05, 3.63) is 64.7 Å². The lowest BCUT2D eigenvalue weighted by Gasteiger charge is -2.09. The second-order valence-electron chi connectivity index (χ2n) is 4.75. The standard InChI is InChI=1S/C17H16N2O2/c1-12-9-14(10-18)3-4-16(12)11-21-17-7-5-15(6-8-17)13(2)19-20/h3-9,20H,11H2,1-2H3/b19-13-. The Morgan fingerprint density at radius 3 is 2.52 bits per heavy atom. The van der Waals surface area contributed by atoms with Crippen molar-refractivity contribution < 1.29 is 9.94 Å². The van der Waals surface area contributed by atoms with Crippen LogP contribution in [0.15, 0.2) is 47.6 Å². The van der Waals surface area contributed by atoms with Gasteiger partial charge in [-0.3, -0.25) is 0 Å². The summed E-state index contributed by atoms with van der Waals surface area (Å²) in [6.45, 7) is 4.14. The van der Waals surface area contributed by atoms with Gasteiger partial charge in [-0.15, -0.1) is 0 Å². The minimum absolute atomic E-state index is 0.448. The summed E-state index contributed by atoms with van der Waals surface area (Å²) in [4.78, 5) is 0. The SMILES string of the molecule is C/C(=N/O)c1ccc(OCc2ccc(C#N)cc2C)cc1. The molecule has 0 spiro atoms. The van der Waals surface area contributed by atoms with Gasteiger partial charge >= 0.3 is 0 Å². The predicted molar refractivity (Wildman–Crippen MR) is 80.7 cm³/mol. The van der Waals surface area contributed by atoms with Crippen LogP contribution >= 0.6 is 0 Å². The summed E-state index contributed by atoms with van der Waals surface area (Å²) >= 11 is 0. The first-order valence-corrected chi connectivity index (χ1v) is 6.55. The number of aryl methyl sites for hydroxylation is 1. The highest BCUT2D eigenvalue weighted by Crippen LogP contribution is 2.17. The molecule has 0 aliphatic heterocycles. The van der Waals surface area contributed by atoms with Crippen molar-refractivity contribution in [3.8, 4) is 11.8 Å². The lowest BCUT2D eigenvalue weighted by Crippen LogP contribution is -1.99. The summed E-state index contributed by atoms with van der Waals surface area (Å²) in [6.07, 6.45) is 0. The first-order chi connectivity index (χ1) is 10.1. The smallest absolute Gasteiger partial charge is 0.119 e. The maximum absolute atomic E-state index is 8.84. The van der Waals surface area contributed by atoms with Crippen LogP contribution in [0.1, 0.15) is 29.2 Å². The summed E-state index contributed by atoms with van der Waals surface area (Å²) in [7, 11) is 0. The third kappa shape index (κ3) is 3.61. The van der Waals surface area contributed by atoms with Gasteiger partial charge < -0.3 is 9.94 Å². The molecular weight excluding hydrogens is 264 g/mol. The quantitative estimate of drug-likeness (QED) is 0.528. The van der Waals surface area contributed by atoms with Crippen LogP contribution in [0.3, 0.4) is 0 Å². The number of ether oxygens (including phenoxy) is 1. The molecule has 21 heavy (non-hydrogen) atoms. The molecular formula is C17H16N2O2. The van der Waals surface area contributed by atoms with E-state index in [1.165, 1.54) is 0 Å². The van der Waals surface area contributed by atoms with Crippen LogP contribution in [0.25, 0.3) is 0 Å². The molecule has 0 aromatic heterocycles. The van der Waals surface area contributed by atoms with E-state index >= 15 is 0 Å². The van der Waals surface area contributed by atoms with Gasteiger partial charge in [0.25, 0.3) is 0 Å². The summed E-state index contributed by atoms with van der Waals surface area (Å²) in [6, 6.07) is 15.0. The molecule has 0 aliphatic rings.